The number of carboxylic acids is 1. The molecule has 2 aromatic carbocycles. The molecule has 0 saturated carbocycles. The van der Waals surface area contributed by atoms with E-state index < -0.39 is 5.97 Å². The Kier molecular flexibility index (Phi) is 3.34. The van der Waals surface area contributed by atoms with Crippen LogP contribution < -0.4 is 5.32 Å². The summed E-state index contributed by atoms with van der Waals surface area (Å²) in [5, 5.41) is 15.8. The third-order valence-electron chi connectivity index (χ3n) is 2.86. The molecule has 0 atom stereocenters. The summed E-state index contributed by atoms with van der Waals surface area (Å²) in [4.78, 5) is 15.3. The van der Waals surface area contributed by atoms with Crippen molar-refractivity contribution in [1.82, 2.24) is 10.1 Å². The average Bonchev–Trinajstić information content (AvgIpc) is 2.97. The molecule has 0 fully saturated rings. The van der Waals surface area contributed by atoms with Gasteiger partial charge in [0.15, 0.2) is 0 Å². The minimum atomic E-state index is -1.03. The van der Waals surface area contributed by atoms with Gasteiger partial charge in [0.2, 0.25) is 5.82 Å². The van der Waals surface area contributed by atoms with Crippen LogP contribution in [0.5, 0.6) is 0 Å². The highest BCUT2D eigenvalue weighted by atomic mass is 16.5. The van der Waals surface area contributed by atoms with Crippen LogP contribution in [0.2, 0.25) is 0 Å². The van der Waals surface area contributed by atoms with E-state index in [1.165, 1.54) is 6.07 Å². The number of rotatable bonds is 4. The number of hydrogen-bond acceptors (Lipinski definition) is 5. The molecule has 3 aromatic rings. The van der Waals surface area contributed by atoms with Crippen LogP contribution in [0.3, 0.4) is 0 Å². The largest absolute Gasteiger partial charge is 0.478 e. The van der Waals surface area contributed by atoms with Crippen LogP contribution in [-0.2, 0) is 0 Å². The fourth-order valence-corrected chi connectivity index (χ4v) is 1.87. The van der Waals surface area contributed by atoms with Crippen molar-refractivity contribution in [3.63, 3.8) is 0 Å². The zero-order valence-corrected chi connectivity index (χ0v) is 10.9. The standard InChI is InChI=1S/C15H11N3O3/c19-14(20)11-8-4-5-9-12(11)16-15-17-13(18-21-15)10-6-2-1-3-7-10/h1-9H,(H,19,20)(H,16,17,18). The van der Waals surface area contributed by atoms with E-state index in [0.717, 1.165) is 5.56 Å². The number of hydrogen-bond donors (Lipinski definition) is 2. The smallest absolute Gasteiger partial charge is 0.337 e. The predicted molar refractivity (Wildman–Crippen MR) is 76.4 cm³/mol. The van der Waals surface area contributed by atoms with Gasteiger partial charge in [-0.25, -0.2) is 4.79 Å². The molecule has 104 valence electrons. The van der Waals surface area contributed by atoms with Crippen LogP contribution in [0.4, 0.5) is 11.7 Å². The van der Waals surface area contributed by atoms with E-state index in [1.807, 2.05) is 30.3 Å². The third kappa shape index (κ3) is 2.74. The first kappa shape index (κ1) is 12.9. The summed E-state index contributed by atoms with van der Waals surface area (Å²) in [7, 11) is 0. The highest BCUT2D eigenvalue weighted by Crippen LogP contribution is 2.22. The number of anilines is 2. The number of carboxylic acid groups (broad SMARTS) is 1. The second-order valence-electron chi connectivity index (χ2n) is 4.26. The molecule has 6 nitrogen and oxygen atoms in total. The maximum absolute atomic E-state index is 11.1. The molecule has 3 rings (SSSR count). The van der Waals surface area contributed by atoms with E-state index in [9.17, 15) is 4.79 Å². The Labute approximate surface area is 120 Å². The van der Waals surface area contributed by atoms with Crippen molar-refractivity contribution >= 4 is 17.7 Å². The number of nitrogens with one attached hydrogen (secondary N) is 1. The predicted octanol–water partition coefficient (Wildman–Crippen LogP) is 3.18. The fraction of sp³-hybridized carbons (Fsp3) is 0. The van der Waals surface area contributed by atoms with Gasteiger partial charge in [0.1, 0.15) is 0 Å². The summed E-state index contributed by atoms with van der Waals surface area (Å²) in [6.07, 6.45) is 0. The van der Waals surface area contributed by atoms with Crippen molar-refractivity contribution in [3.05, 3.63) is 60.2 Å². The van der Waals surface area contributed by atoms with Gasteiger partial charge in [-0.3, -0.25) is 0 Å². The highest BCUT2D eigenvalue weighted by molar-refractivity contribution is 5.94. The molecule has 0 amide bonds. The molecule has 0 spiro atoms. The Morgan fingerprint density at radius 2 is 1.76 bits per heavy atom. The Morgan fingerprint density at radius 1 is 1.05 bits per heavy atom. The van der Waals surface area contributed by atoms with Gasteiger partial charge in [-0.15, -0.1) is 0 Å². The van der Waals surface area contributed by atoms with Gasteiger partial charge in [-0.2, -0.15) is 4.98 Å². The highest BCUT2D eigenvalue weighted by Gasteiger charge is 2.13. The summed E-state index contributed by atoms with van der Waals surface area (Å²) in [5.74, 6) is -0.591. The number of aromatic carboxylic acids is 1. The minimum Gasteiger partial charge on any atom is -0.478 e. The van der Waals surface area contributed by atoms with Crippen LogP contribution in [0, 0.1) is 0 Å². The van der Waals surface area contributed by atoms with Crippen molar-refractivity contribution in [2.24, 2.45) is 0 Å². The van der Waals surface area contributed by atoms with Crippen LogP contribution in [0.25, 0.3) is 11.4 Å². The summed E-state index contributed by atoms with van der Waals surface area (Å²) >= 11 is 0. The third-order valence-corrected chi connectivity index (χ3v) is 2.86. The van der Waals surface area contributed by atoms with E-state index in [1.54, 1.807) is 18.2 Å². The maximum Gasteiger partial charge on any atom is 0.337 e. The van der Waals surface area contributed by atoms with E-state index >= 15 is 0 Å². The molecule has 0 aliphatic rings. The molecule has 0 unspecified atom stereocenters. The van der Waals surface area contributed by atoms with Gasteiger partial charge >= 0.3 is 12.0 Å². The molecule has 1 aromatic heterocycles. The van der Waals surface area contributed by atoms with E-state index in [4.69, 9.17) is 9.63 Å². The summed E-state index contributed by atoms with van der Waals surface area (Å²) in [6, 6.07) is 16.0. The normalized spacial score (nSPS) is 10.3. The molecule has 0 radical (unpaired) electrons. The van der Waals surface area contributed by atoms with Gasteiger partial charge in [0.05, 0.1) is 11.3 Å². The first-order valence-electron chi connectivity index (χ1n) is 6.22. The fourth-order valence-electron chi connectivity index (χ4n) is 1.87. The van der Waals surface area contributed by atoms with Crippen LogP contribution in [0.15, 0.2) is 59.1 Å². The maximum atomic E-state index is 11.1. The zero-order valence-electron chi connectivity index (χ0n) is 10.9. The van der Waals surface area contributed by atoms with Crippen molar-refractivity contribution in [1.29, 1.82) is 0 Å². The number of benzene rings is 2. The Balaban J connectivity index is 1.87. The Bertz CT molecular complexity index is 769. The van der Waals surface area contributed by atoms with E-state index in [0.29, 0.717) is 11.5 Å². The van der Waals surface area contributed by atoms with Gasteiger partial charge in [0.25, 0.3) is 0 Å². The zero-order chi connectivity index (χ0) is 14.7. The molecular formula is C15H11N3O3. The number of aromatic nitrogens is 2. The first-order valence-corrected chi connectivity index (χ1v) is 6.22. The topological polar surface area (TPSA) is 88.2 Å². The van der Waals surface area contributed by atoms with Crippen LogP contribution in [-0.4, -0.2) is 21.2 Å². The Hall–Kier alpha value is -3.15. The van der Waals surface area contributed by atoms with Crippen molar-refractivity contribution in [3.8, 4) is 11.4 Å². The molecule has 0 aliphatic heterocycles. The molecule has 0 saturated heterocycles. The SMILES string of the molecule is O=C(O)c1ccccc1Nc1nc(-c2ccccc2)no1. The lowest BCUT2D eigenvalue weighted by molar-refractivity contribution is 0.0698. The van der Waals surface area contributed by atoms with Gasteiger partial charge < -0.3 is 14.9 Å². The molecule has 0 aliphatic carbocycles. The molecule has 21 heavy (non-hydrogen) atoms. The quantitative estimate of drug-likeness (QED) is 0.763. The van der Waals surface area contributed by atoms with Gasteiger partial charge in [-0.05, 0) is 12.1 Å². The van der Waals surface area contributed by atoms with Gasteiger partial charge in [-0.1, -0.05) is 47.6 Å². The second kappa shape index (κ2) is 5.46. The molecular weight excluding hydrogens is 270 g/mol. The van der Waals surface area contributed by atoms with Gasteiger partial charge in [0, 0.05) is 5.56 Å². The van der Waals surface area contributed by atoms with Crippen molar-refractivity contribution in [2.45, 2.75) is 0 Å². The molecule has 0 bridgehead atoms. The lowest BCUT2D eigenvalue weighted by Crippen LogP contribution is -2.02. The first-order chi connectivity index (χ1) is 10.2. The molecule has 6 heteroatoms. The average molecular weight is 281 g/mol. The van der Waals surface area contributed by atoms with Crippen molar-refractivity contribution in [2.75, 3.05) is 5.32 Å². The summed E-state index contributed by atoms with van der Waals surface area (Å²) in [6.45, 7) is 0. The van der Waals surface area contributed by atoms with E-state index in [2.05, 4.69) is 15.5 Å². The Morgan fingerprint density at radius 3 is 2.52 bits per heavy atom. The lowest BCUT2D eigenvalue weighted by Gasteiger charge is -2.04. The van der Waals surface area contributed by atoms with Crippen molar-refractivity contribution < 1.29 is 14.4 Å². The summed E-state index contributed by atoms with van der Waals surface area (Å²) < 4.78 is 5.09. The minimum absolute atomic E-state index is 0.136. The summed E-state index contributed by atoms with van der Waals surface area (Å²) in [5.41, 5.74) is 1.35. The van der Waals surface area contributed by atoms with E-state index in [-0.39, 0.29) is 11.6 Å². The lowest BCUT2D eigenvalue weighted by atomic mass is 10.2. The van der Waals surface area contributed by atoms with Crippen LogP contribution in [0.1, 0.15) is 10.4 Å². The number of carbonyl (C=O) groups is 1. The number of para-hydroxylation sites is 1. The second-order valence-corrected chi connectivity index (χ2v) is 4.26. The molecule has 2 N–H and O–H groups in total. The monoisotopic (exact) mass is 281 g/mol. The molecule has 1 heterocycles. The number of nitrogens with zero attached hydrogens (tertiary/aromatic N) is 2. The van der Waals surface area contributed by atoms with Crippen LogP contribution >= 0.6 is 0 Å².